The molecule has 0 spiro atoms. The molecule has 6 rings (SSSR count). The van der Waals surface area contributed by atoms with Crippen LogP contribution < -0.4 is 5.32 Å². The number of pyridine rings is 2. The van der Waals surface area contributed by atoms with Crippen LogP contribution in [0.15, 0.2) is 79.3 Å². The van der Waals surface area contributed by atoms with Gasteiger partial charge in [0.15, 0.2) is 0 Å². The number of nitrogens with zero attached hydrogens (tertiary/aromatic N) is 3. The molecule has 7 heteroatoms. The highest BCUT2D eigenvalue weighted by atomic mass is 19.1. The van der Waals surface area contributed by atoms with E-state index in [0.29, 0.717) is 6.04 Å². The fourth-order valence-electron chi connectivity index (χ4n) is 4.44. The van der Waals surface area contributed by atoms with Gasteiger partial charge in [-0.15, -0.1) is 0 Å². The van der Waals surface area contributed by atoms with Gasteiger partial charge in [-0.25, -0.2) is 4.39 Å². The maximum absolute atomic E-state index is 13.5. The predicted octanol–water partition coefficient (Wildman–Crippen LogP) is 6.79. The minimum atomic E-state index is -0.246. The van der Waals surface area contributed by atoms with Crippen molar-refractivity contribution in [1.29, 1.82) is 0 Å². The zero-order valence-corrected chi connectivity index (χ0v) is 19.3. The first kappa shape index (κ1) is 21.0. The molecule has 0 unspecified atom stereocenters. The average Bonchev–Trinajstić information content (AvgIpc) is 3.48. The van der Waals surface area contributed by atoms with Crippen LogP contribution in [0.4, 0.5) is 10.1 Å². The second-order valence-corrected chi connectivity index (χ2v) is 8.91. The number of fused-ring (bicyclic) bond motifs is 2. The lowest BCUT2D eigenvalue weighted by atomic mass is 10.0. The molecule has 0 radical (unpaired) electrons. The summed E-state index contributed by atoms with van der Waals surface area (Å²) in [6, 6.07) is 19.1. The van der Waals surface area contributed by atoms with Crippen molar-refractivity contribution in [2.24, 2.45) is 0 Å². The number of aromatic amines is 2. The quantitative estimate of drug-likeness (QED) is 0.263. The molecule has 3 N–H and O–H groups in total. The van der Waals surface area contributed by atoms with Gasteiger partial charge in [0.25, 0.3) is 0 Å². The van der Waals surface area contributed by atoms with Crippen LogP contribution in [0.2, 0.25) is 0 Å². The van der Waals surface area contributed by atoms with E-state index < -0.39 is 0 Å². The monoisotopic (exact) mass is 462 g/mol. The van der Waals surface area contributed by atoms with Gasteiger partial charge >= 0.3 is 0 Å². The Balaban J connectivity index is 1.44. The standard InChI is InChI=1S/C28H23FN6/c1-16(2)32-20-10-18(13-30-14-20)25-12-23-27(15-31-25)34-35-28(23)26-11-22-21(4-3-5-24(22)33-26)17-6-8-19(29)9-7-17/h3-16,32-33H,1-2H3,(H,34,35). The SMILES string of the molecule is CC(C)Nc1cncc(-c2cc3c(-c4cc5c(-c6ccc(F)cc6)cccc5[nH]4)n[nH]c3cn2)c1. The zero-order valence-electron chi connectivity index (χ0n) is 19.3. The molecule has 0 aliphatic carbocycles. The molecule has 0 amide bonds. The number of benzene rings is 2. The van der Waals surface area contributed by atoms with Gasteiger partial charge in [0.2, 0.25) is 0 Å². The number of hydrogen-bond donors (Lipinski definition) is 3. The van der Waals surface area contributed by atoms with E-state index in [2.05, 4.69) is 56.4 Å². The van der Waals surface area contributed by atoms with Crippen molar-refractivity contribution >= 4 is 27.5 Å². The molecule has 2 aromatic carbocycles. The van der Waals surface area contributed by atoms with Crippen molar-refractivity contribution in [3.8, 4) is 33.8 Å². The minimum Gasteiger partial charge on any atom is -0.382 e. The van der Waals surface area contributed by atoms with Crippen LogP contribution in [0.25, 0.3) is 55.6 Å². The third kappa shape index (κ3) is 3.91. The normalized spacial score (nSPS) is 11.5. The summed E-state index contributed by atoms with van der Waals surface area (Å²) in [5, 5.41) is 13.1. The zero-order chi connectivity index (χ0) is 23.9. The number of nitrogens with one attached hydrogen (secondary N) is 3. The molecule has 0 bridgehead atoms. The van der Waals surface area contributed by atoms with Gasteiger partial charge in [-0.3, -0.25) is 15.1 Å². The smallest absolute Gasteiger partial charge is 0.123 e. The van der Waals surface area contributed by atoms with E-state index in [1.54, 1.807) is 18.3 Å². The summed E-state index contributed by atoms with van der Waals surface area (Å²) in [6.07, 6.45) is 5.43. The molecule has 0 atom stereocenters. The van der Waals surface area contributed by atoms with E-state index in [4.69, 9.17) is 0 Å². The number of halogens is 1. The summed E-state index contributed by atoms with van der Waals surface area (Å²) >= 11 is 0. The molecule has 0 aliphatic rings. The highest BCUT2D eigenvalue weighted by molar-refractivity contribution is 6.01. The van der Waals surface area contributed by atoms with Crippen molar-refractivity contribution < 1.29 is 4.39 Å². The second kappa shape index (κ2) is 8.36. The summed E-state index contributed by atoms with van der Waals surface area (Å²) < 4.78 is 13.5. The van der Waals surface area contributed by atoms with Crippen LogP contribution >= 0.6 is 0 Å². The Morgan fingerprint density at radius 2 is 1.71 bits per heavy atom. The molecular weight excluding hydrogens is 439 g/mol. The minimum absolute atomic E-state index is 0.246. The van der Waals surface area contributed by atoms with Crippen LogP contribution in [-0.2, 0) is 0 Å². The van der Waals surface area contributed by atoms with Crippen molar-refractivity contribution in [3.63, 3.8) is 0 Å². The maximum atomic E-state index is 13.5. The van der Waals surface area contributed by atoms with E-state index in [1.165, 1.54) is 12.1 Å². The fraction of sp³-hybridized carbons (Fsp3) is 0.107. The Kier molecular flexibility index (Phi) is 5.03. The summed E-state index contributed by atoms with van der Waals surface area (Å²) in [5.74, 6) is -0.246. The summed E-state index contributed by atoms with van der Waals surface area (Å²) in [7, 11) is 0. The Morgan fingerprint density at radius 3 is 2.54 bits per heavy atom. The number of aromatic nitrogens is 5. The van der Waals surface area contributed by atoms with Gasteiger partial charge in [0.1, 0.15) is 11.5 Å². The van der Waals surface area contributed by atoms with Crippen molar-refractivity contribution in [2.45, 2.75) is 19.9 Å². The lowest BCUT2D eigenvalue weighted by molar-refractivity contribution is 0.628. The summed E-state index contributed by atoms with van der Waals surface area (Å²) in [4.78, 5) is 12.5. The molecule has 4 heterocycles. The van der Waals surface area contributed by atoms with Crippen molar-refractivity contribution in [2.75, 3.05) is 5.32 Å². The lowest BCUT2D eigenvalue weighted by Crippen LogP contribution is -2.09. The summed E-state index contributed by atoms with van der Waals surface area (Å²) in [6.45, 7) is 4.19. The number of anilines is 1. The van der Waals surface area contributed by atoms with E-state index in [0.717, 1.165) is 61.3 Å². The Morgan fingerprint density at radius 1 is 0.857 bits per heavy atom. The topological polar surface area (TPSA) is 82.3 Å². The first-order valence-corrected chi connectivity index (χ1v) is 11.5. The third-order valence-electron chi connectivity index (χ3n) is 6.01. The lowest BCUT2D eigenvalue weighted by Gasteiger charge is -2.10. The van der Waals surface area contributed by atoms with Gasteiger partial charge in [-0.05, 0) is 61.4 Å². The number of hydrogen-bond acceptors (Lipinski definition) is 4. The number of H-pyrrole nitrogens is 2. The predicted molar refractivity (Wildman–Crippen MR) is 139 cm³/mol. The van der Waals surface area contributed by atoms with Crippen LogP contribution in [0.5, 0.6) is 0 Å². The molecule has 6 nitrogen and oxygen atoms in total. The highest BCUT2D eigenvalue weighted by Crippen LogP contribution is 2.35. The van der Waals surface area contributed by atoms with E-state index in [9.17, 15) is 4.39 Å². The van der Waals surface area contributed by atoms with Gasteiger partial charge in [0, 0.05) is 40.3 Å². The molecule has 35 heavy (non-hydrogen) atoms. The summed E-state index contributed by atoms with van der Waals surface area (Å²) in [5.41, 5.74) is 8.25. The molecular formula is C28H23FN6. The largest absolute Gasteiger partial charge is 0.382 e. The second-order valence-electron chi connectivity index (χ2n) is 8.91. The Bertz CT molecular complexity index is 1660. The molecule has 0 fully saturated rings. The van der Waals surface area contributed by atoms with Crippen LogP contribution in [0.1, 0.15) is 13.8 Å². The van der Waals surface area contributed by atoms with E-state index in [1.807, 2.05) is 36.7 Å². The van der Waals surface area contributed by atoms with Gasteiger partial charge in [0.05, 0.1) is 28.8 Å². The molecule has 4 aromatic heterocycles. The molecule has 0 saturated carbocycles. The molecule has 0 aliphatic heterocycles. The van der Waals surface area contributed by atoms with Gasteiger partial charge in [-0.1, -0.05) is 24.3 Å². The molecule has 0 saturated heterocycles. The van der Waals surface area contributed by atoms with Gasteiger partial charge in [-0.2, -0.15) is 5.10 Å². The van der Waals surface area contributed by atoms with Crippen molar-refractivity contribution in [1.82, 2.24) is 25.1 Å². The van der Waals surface area contributed by atoms with Crippen molar-refractivity contribution in [3.05, 3.63) is 85.1 Å². The Labute approximate surface area is 201 Å². The maximum Gasteiger partial charge on any atom is 0.123 e. The Hall–Kier alpha value is -4.52. The fourth-order valence-corrected chi connectivity index (χ4v) is 4.44. The number of rotatable bonds is 5. The van der Waals surface area contributed by atoms with Crippen LogP contribution in [-0.4, -0.2) is 31.2 Å². The first-order chi connectivity index (χ1) is 17.0. The molecule has 172 valence electrons. The highest BCUT2D eigenvalue weighted by Gasteiger charge is 2.15. The first-order valence-electron chi connectivity index (χ1n) is 11.5. The average molecular weight is 463 g/mol. The van der Waals surface area contributed by atoms with Gasteiger partial charge < -0.3 is 10.3 Å². The van der Waals surface area contributed by atoms with E-state index >= 15 is 0 Å². The molecule has 6 aromatic rings. The van der Waals surface area contributed by atoms with Crippen LogP contribution in [0, 0.1) is 5.82 Å². The third-order valence-corrected chi connectivity index (χ3v) is 6.01. The van der Waals surface area contributed by atoms with E-state index in [-0.39, 0.29) is 5.82 Å². The van der Waals surface area contributed by atoms with Crippen LogP contribution in [0.3, 0.4) is 0 Å².